The molecule has 3 heteroatoms. The van der Waals surface area contributed by atoms with Crippen molar-refractivity contribution in [2.24, 2.45) is 0 Å². The highest BCUT2D eigenvalue weighted by Crippen LogP contribution is 2.48. The molecule has 0 amide bonds. The van der Waals surface area contributed by atoms with Crippen LogP contribution in [-0.2, 0) is 10.3 Å². The number of ketones is 1. The Balaban J connectivity index is 1.88. The van der Waals surface area contributed by atoms with Gasteiger partial charge in [-0.15, -0.1) is 0 Å². The second-order valence-corrected chi connectivity index (χ2v) is 5.18. The van der Waals surface area contributed by atoms with Crippen molar-refractivity contribution in [1.82, 2.24) is 0 Å². The molecule has 3 rings (SSSR count). The average molecular weight is 317 g/mol. The molecule has 0 radical (unpaired) electrons. The minimum absolute atomic E-state index is 0.0453. The van der Waals surface area contributed by atoms with Crippen molar-refractivity contribution < 1.29 is 9.53 Å². The van der Waals surface area contributed by atoms with E-state index in [1.54, 1.807) is 0 Å². The van der Waals surface area contributed by atoms with E-state index in [1.165, 1.54) is 0 Å². The molecule has 1 aliphatic heterocycles. The Labute approximate surface area is 120 Å². The monoisotopic (exact) mass is 316 g/mol. The molecule has 2 aromatic rings. The number of hydrogen-bond donors (Lipinski definition) is 0. The third kappa shape index (κ3) is 2.13. The lowest BCUT2D eigenvalue weighted by Crippen LogP contribution is -2.20. The standard InChI is InChI=1S/C16H13BrO2/c17-11-16(13-9-5-2-6-10-13)15(19-16)14(18)12-7-3-1-4-8-12/h1-10,15H,11H2/t15-,16+/m1/s1. The SMILES string of the molecule is O=C(c1ccccc1)[C@H]1O[C@@]1(CBr)c1ccccc1. The van der Waals surface area contributed by atoms with Crippen LogP contribution in [0.2, 0.25) is 0 Å². The van der Waals surface area contributed by atoms with Gasteiger partial charge in [-0.1, -0.05) is 76.6 Å². The van der Waals surface area contributed by atoms with Gasteiger partial charge in [0, 0.05) is 10.9 Å². The van der Waals surface area contributed by atoms with Gasteiger partial charge in [0.1, 0.15) is 5.60 Å². The van der Waals surface area contributed by atoms with Gasteiger partial charge in [0.25, 0.3) is 0 Å². The normalized spacial score (nSPS) is 25.0. The van der Waals surface area contributed by atoms with Crippen LogP contribution >= 0.6 is 15.9 Å². The zero-order chi connectivity index (χ0) is 13.3. The van der Waals surface area contributed by atoms with Crippen LogP contribution in [0.5, 0.6) is 0 Å². The number of carbonyl (C=O) groups excluding carboxylic acids is 1. The van der Waals surface area contributed by atoms with Crippen molar-refractivity contribution in [3.05, 3.63) is 71.8 Å². The van der Waals surface area contributed by atoms with E-state index in [-0.39, 0.29) is 5.78 Å². The predicted octanol–water partition coefficient (Wildman–Crippen LogP) is 3.56. The van der Waals surface area contributed by atoms with E-state index in [9.17, 15) is 4.79 Å². The summed E-state index contributed by atoms with van der Waals surface area (Å²) in [6, 6.07) is 19.2. The van der Waals surface area contributed by atoms with Crippen LogP contribution < -0.4 is 0 Å². The summed E-state index contributed by atoms with van der Waals surface area (Å²) in [5.41, 5.74) is 1.24. The van der Waals surface area contributed by atoms with Crippen LogP contribution in [0.3, 0.4) is 0 Å². The van der Waals surface area contributed by atoms with Gasteiger partial charge < -0.3 is 4.74 Å². The van der Waals surface area contributed by atoms with Crippen LogP contribution in [0.4, 0.5) is 0 Å². The van der Waals surface area contributed by atoms with Crippen LogP contribution in [0, 0.1) is 0 Å². The molecule has 1 heterocycles. The Kier molecular flexibility index (Phi) is 3.25. The third-order valence-corrected chi connectivity index (χ3v) is 4.28. The quantitative estimate of drug-likeness (QED) is 0.490. The maximum Gasteiger partial charge on any atom is 0.194 e. The van der Waals surface area contributed by atoms with Gasteiger partial charge in [-0.25, -0.2) is 0 Å². The highest BCUT2D eigenvalue weighted by molar-refractivity contribution is 9.09. The zero-order valence-electron chi connectivity index (χ0n) is 10.3. The minimum Gasteiger partial charge on any atom is -0.351 e. The molecule has 0 spiro atoms. The van der Waals surface area contributed by atoms with Gasteiger partial charge >= 0.3 is 0 Å². The molecule has 2 atom stereocenters. The van der Waals surface area contributed by atoms with Crippen LogP contribution in [0.15, 0.2) is 60.7 Å². The molecule has 0 aliphatic carbocycles. The smallest absolute Gasteiger partial charge is 0.194 e. The fraction of sp³-hybridized carbons (Fsp3) is 0.188. The van der Waals surface area contributed by atoms with E-state index >= 15 is 0 Å². The predicted molar refractivity (Wildman–Crippen MR) is 77.6 cm³/mol. The summed E-state index contributed by atoms with van der Waals surface area (Å²) in [4.78, 5) is 12.4. The summed E-state index contributed by atoms with van der Waals surface area (Å²) >= 11 is 3.47. The number of carbonyl (C=O) groups is 1. The van der Waals surface area contributed by atoms with Crippen molar-refractivity contribution in [2.75, 3.05) is 5.33 Å². The molecule has 2 aromatic carbocycles. The molecule has 0 N–H and O–H groups in total. The van der Waals surface area contributed by atoms with Crippen molar-refractivity contribution in [3.8, 4) is 0 Å². The fourth-order valence-corrected chi connectivity index (χ4v) is 3.06. The van der Waals surface area contributed by atoms with E-state index in [0.29, 0.717) is 10.9 Å². The first-order valence-corrected chi connectivity index (χ1v) is 7.28. The van der Waals surface area contributed by atoms with Crippen LogP contribution in [0.1, 0.15) is 15.9 Å². The molecule has 0 unspecified atom stereocenters. The molecule has 2 nitrogen and oxygen atoms in total. The van der Waals surface area contributed by atoms with E-state index in [2.05, 4.69) is 15.9 Å². The lowest BCUT2D eigenvalue weighted by atomic mass is 9.93. The zero-order valence-corrected chi connectivity index (χ0v) is 11.8. The molecular formula is C16H13BrO2. The average Bonchev–Trinajstić information content (AvgIpc) is 3.24. The van der Waals surface area contributed by atoms with Gasteiger partial charge in [0.2, 0.25) is 0 Å². The summed E-state index contributed by atoms with van der Waals surface area (Å²) in [5, 5.41) is 0.618. The topological polar surface area (TPSA) is 29.6 Å². The maximum absolute atomic E-state index is 12.4. The van der Waals surface area contributed by atoms with Crippen LogP contribution in [-0.4, -0.2) is 17.2 Å². The first-order chi connectivity index (χ1) is 9.28. The lowest BCUT2D eigenvalue weighted by molar-refractivity contribution is 0.0953. The Bertz CT molecular complexity index is 582. The second-order valence-electron chi connectivity index (χ2n) is 4.62. The number of rotatable bonds is 4. The summed E-state index contributed by atoms with van der Waals surface area (Å²) in [6.07, 6.45) is -0.392. The number of halogens is 1. The van der Waals surface area contributed by atoms with Gasteiger partial charge in [-0.2, -0.15) is 0 Å². The van der Waals surface area contributed by atoms with Crippen molar-refractivity contribution in [2.45, 2.75) is 11.7 Å². The van der Waals surface area contributed by atoms with E-state index in [1.807, 2.05) is 60.7 Å². The van der Waals surface area contributed by atoms with Gasteiger partial charge in [0.15, 0.2) is 11.9 Å². The molecule has 0 aromatic heterocycles. The molecule has 0 bridgehead atoms. The largest absolute Gasteiger partial charge is 0.351 e. The van der Waals surface area contributed by atoms with Crippen molar-refractivity contribution in [3.63, 3.8) is 0 Å². The Morgan fingerprint density at radius 1 is 1.05 bits per heavy atom. The lowest BCUT2D eigenvalue weighted by Gasteiger charge is -2.09. The number of benzene rings is 2. The summed E-state index contributed by atoms with van der Waals surface area (Å²) < 4.78 is 5.76. The summed E-state index contributed by atoms with van der Waals surface area (Å²) in [5.74, 6) is 0.0453. The van der Waals surface area contributed by atoms with E-state index in [0.717, 1.165) is 5.56 Å². The second kappa shape index (κ2) is 4.91. The Morgan fingerprint density at radius 3 is 2.21 bits per heavy atom. The number of hydrogen-bond acceptors (Lipinski definition) is 2. The van der Waals surface area contributed by atoms with Gasteiger partial charge in [0.05, 0.1) is 0 Å². The highest BCUT2D eigenvalue weighted by Gasteiger charge is 2.60. The van der Waals surface area contributed by atoms with Crippen LogP contribution in [0.25, 0.3) is 0 Å². The molecule has 19 heavy (non-hydrogen) atoms. The first-order valence-electron chi connectivity index (χ1n) is 6.16. The Hall–Kier alpha value is -1.45. The summed E-state index contributed by atoms with van der Waals surface area (Å²) in [7, 11) is 0. The molecular weight excluding hydrogens is 304 g/mol. The highest BCUT2D eigenvalue weighted by atomic mass is 79.9. The van der Waals surface area contributed by atoms with Gasteiger partial charge in [-0.05, 0) is 5.56 Å². The molecule has 1 fully saturated rings. The number of ether oxygens (including phenoxy) is 1. The summed E-state index contributed by atoms with van der Waals surface area (Å²) in [6.45, 7) is 0. The number of epoxide rings is 1. The van der Waals surface area contributed by atoms with E-state index < -0.39 is 11.7 Å². The first kappa shape index (κ1) is 12.6. The third-order valence-electron chi connectivity index (χ3n) is 3.45. The Morgan fingerprint density at radius 2 is 1.63 bits per heavy atom. The molecule has 0 saturated carbocycles. The molecule has 96 valence electrons. The maximum atomic E-state index is 12.4. The fourth-order valence-electron chi connectivity index (χ4n) is 2.31. The minimum atomic E-state index is -0.506. The van der Waals surface area contributed by atoms with E-state index in [4.69, 9.17) is 4.74 Å². The number of alkyl halides is 1. The van der Waals surface area contributed by atoms with Gasteiger partial charge in [-0.3, -0.25) is 4.79 Å². The van der Waals surface area contributed by atoms with Crippen molar-refractivity contribution in [1.29, 1.82) is 0 Å². The van der Waals surface area contributed by atoms with Crippen molar-refractivity contribution >= 4 is 21.7 Å². The number of Topliss-reactive ketones (excluding diaryl/α,β-unsaturated/α-hetero) is 1. The molecule has 1 aliphatic rings. The molecule has 1 saturated heterocycles.